The van der Waals surface area contributed by atoms with Gasteiger partial charge in [-0.15, -0.1) is 11.8 Å². The molecule has 0 bridgehead atoms. The lowest BCUT2D eigenvalue weighted by Gasteiger charge is -2.07. The third kappa shape index (κ3) is 4.29. The summed E-state index contributed by atoms with van der Waals surface area (Å²) in [4.78, 5) is 12.4. The molecule has 0 unspecified atom stereocenters. The van der Waals surface area contributed by atoms with Gasteiger partial charge in [-0.05, 0) is 55.3 Å². The van der Waals surface area contributed by atoms with E-state index in [0.717, 1.165) is 40.7 Å². The van der Waals surface area contributed by atoms with Crippen molar-refractivity contribution in [1.82, 2.24) is 0 Å². The smallest absolute Gasteiger partial charge is 0.234 e. The van der Waals surface area contributed by atoms with Crippen molar-refractivity contribution in [3.8, 4) is 0 Å². The van der Waals surface area contributed by atoms with Gasteiger partial charge in [0.2, 0.25) is 5.91 Å². The summed E-state index contributed by atoms with van der Waals surface area (Å²) in [5, 5.41) is 2.78. The van der Waals surface area contributed by atoms with Crippen LogP contribution in [0.4, 0.5) is 14.5 Å². The first-order chi connectivity index (χ1) is 9.95. The van der Waals surface area contributed by atoms with Crippen molar-refractivity contribution in [1.29, 1.82) is 0 Å². The van der Waals surface area contributed by atoms with Gasteiger partial charge >= 0.3 is 0 Å². The maximum Gasteiger partial charge on any atom is 0.234 e. The molecule has 2 aromatic rings. The summed E-state index contributed by atoms with van der Waals surface area (Å²) in [6.07, 6.45) is 0. The first kappa shape index (κ1) is 15.5. The minimum Gasteiger partial charge on any atom is -0.325 e. The fraction of sp³-hybridized carbons (Fsp3) is 0.188. The third-order valence-corrected chi connectivity index (χ3v) is 4.05. The van der Waals surface area contributed by atoms with Gasteiger partial charge < -0.3 is 5.32 Å². The molecule has 5 heteroatoms. The number of hydrogen-bond acceptors (Lipinski definition) is 2. The summed E-state index contributed by atoms with van der Waals surface area (Å²) in [5.41, 5.74) is 2.99. The van der Waals surface area contributed by atoms with Crippen LogP contribution in [0.1, 0.15) is 11.1 Å². The highest BCUT2D eigenvalue weighted by atomic mass is 32.2. The first-order valence-corrected chi connectivity index (χ1v) is 7.39. The Kier molecular flexibility index (Phi) is 4.96. The Bertz CT molecular complexity index is 673. The Balaban J connectivity index is 1.92. The molecule has 0 aliphatic rings. The standard InChI is InChI=1S/C16H15F2NOS/c1-10-3-4-12(7-11(10)2)19-16(20)9-21-13-5-6-14(17)15(18)8-13/h3-8H,9H2,1-2H3,(H,19,20). The normalized spacial score (nSPS) is 10.5. The number of halogens is 2. The minimum atomic E-state index is -0.908. The molecule has 1 amide bonds. The molecule has 0 aliphatic carbocycles. The van der Waals surface area contributed by atoms with E-state index in [-0.39, 0.29) is 11.7 Å². The van der Waals surface area contributed by atoms with Gasteiger partial charge in [-0.25, -0.2) is 8.78 Å². The zero-order valence-electron chi connectivity index (χ0n) is 11.7. The SMILES string of the molecule is Cc1ccc(NC(=O)CSc2ccc(F)c(F)c2)cc1C. The van der Waals surface area contributed by atoms with E-state index in [2.05, 4.69) is 5.32 Å². The lowest BCUT2D eigenvalue weighted by atomic mass is 10.1. The first-order valence-electron chi connectivity index (χ1n) is 6.40. The van der Waals surface area contributed by atoms with E-state index in [0.29, 0.717) is 4.90 Å². The predicted octanol–water partition coefficient (Wildman–Crippen LogP) is 4.31. The molecule has 0 atom stereocenters. The molecule has 0 fully saturated rings. The number of carbonyl (C=O) groups is 1. The molecular weight excluding hydrogens is 292 g/mol. The number of aryl methyl sites for hydroxylation is 2. The molecule has 0 heterocycles. The van der Waals surface area contributed by atoms with Crippen LogP contribution in [0.3, 0.4) is 0 Å². The Morgan fingerprint density at radius 1 is 1.05 bits per heavy atom. The van der Waals surface area contributed by atoms with E-state index in [1.54, 1.807) is 0 Å². The van der Waals surface area contributed by atoms with Gasteiger partial charge in [0.15, 0.2) is 11.6 Å². The monoisotopic (exact) mass is 307 g/mol. The van der Waals surface area contributed by atoms with Crippen LogP contribution in [-0.2, 0) is 4.79 Å². The van der Waals surface area contributed by atoms with Crippen LogP contribution in [0.15, 0.2) is 41.3 Å². The van der Waals surface area contributed by atoms with Gasteiger partial charge in [0, 0.05) is 10.6 Å². The van der Waals surface area contributed by atoms with Crippen molar-refractivity contribution >= 4 is 23.4 Å². The van der Waals surface area contributed by atoms with Crippen molar-refractivity contribution in [2.75, 3.05) is 11.1 Å². The third-order valence-electron chi connectivity index (χ3n) is 3.05. The highest BCUT2D eigenvalue weighted by molar-refractivity contribution is 8.00. The second-order valence-electron chi connectivity index (χ2n) is 4.71. The minimum absolute atomic E-state index is 0.137. The molecule has 0 aliphatic heterocycles. The van der Waals surface area contributed by atoms with Gasteiger partial charge in [0.05, 0.1) is 5.75 Å². The van der Waals surface area contributed by atoms with E-state index < -0.39 is 11.6 Å². The zero-order valence-corrected chi connectivity index (χ0v) is 12.6. The summed E-state index contributed by atoms with van der Waals surface area (Å²) >= 11 is 1.16. The van der Waals surface area contributed by atoms with Crippen molar-refractivity contribution in [3.63, 3.8) is 0 Å². The molecular formula is C16H15F2NOS. The molecule has 21 heavy (non-hydrogen) atoms. The lowest BCUT2D eigenvalue weighted by Crippen LogP contribution is -2.14. The number of hydrogen-bond donors (Lipinski definition) is 1. The molecule has 2 rings (SSSR count). The average molecular weight is 307 g/mol. The maximum atomic E-state index is 13.0. The van der Waals surface area contributed by atoms with Gasteiger partial charge in [-0.2, -0.15) is 0 Å². The molecule has 0 spiro atoms. The number of amides is 1. The fourth-order valence-electron chi connectivity index (χ4n) is 1.73. The molecule has 110 valence electrons. The summed E-state index contributed by atoms with van der Waals surface area (Å²) in [5.74, 6) is -1.85. The summed E-state index contributed by atoms with van der Waals surface area (Å²) in [7, 11) is 0. The van der Waals surface area contributed by atoms with Crippen LogP contribution in [0.25, 0.3) is 0 Å². The summed E-state index contributed by atoms with van der Waals surface area (Å²) in [6.45, 7) is 3.97. The number of anilines is 1. The highest BCUT2D eigenvalue weighted by Gasteiger charge is 2.07. The fourth-order valence-corrected chi connectivity index (χ4v) is 2.45. The Morgan fingerprint density at radius 3 is 2.48 bits per heavy atom. The van der Waals surface area contributed by atoms with Crippen molar-refractivity contribution in [2.24, 2.45) is 0 Å². The maximum absolute atomic E-state index is 13.0. The predicted molar refractivity (Wildman–Crippen MR) is 81.6 cm³/mol. The largest absolute Gasteiger partial charge is 0.325 e. The number of rotatable bonds is 4. The van der Waals surface area contributed by atoms with Crippen LogP contribution in [0.2, 0.25) is 0 Å². The molecule has 0 radical (unpaired) electrons. The number of carbonyl (C=O) groups excluding carboxylic acids is 1. The average Bonchev–Trinajstić information content (AvgIpc) is 2.44. The molecule has 0 aromatic heterocycles. The van der Waals surface area contributed by atoms with E-state index in [1.807, 2.05) is 32.0 Å². The van der Waals surface area contributed by atoms with E-state index in [4.69, 9.17) is 0 Å². The zero-order chi connectivity index (χ0) is 15.4. The number of nitrogens with one attached hydrogen (secondary N) is 1. The Morgan fingerprint density at radius 2 is 1.81 bits per heavy atom. The highest BCUT2D eigenvalue weighted by Crippen LogP contribution is 2.21. The number of benzene rings is 2. The Hall–Kier alpha value is -1.88. The van der Waals surface area contributed by atoms with Crippen LogP contribution >= 0.6 is 11.8 Å². The second kappa shape index (κ2) is 6.72. The van der Waals surface area contributed by atoms with Gasteiger partial charge in [0.1, 0.15) is 0 Å². The van der Waals surface area contributed by atoms with Gasteiger partial charge in [-0.1, -0.05) is 6.07 Å². The van der Waals surface area contributed by atoms with Gasteiger partial charge in [0.25, 0.3) is 0 Å². The lowest BCUT2D eigenvalue weighted by molar-refractivity contribution is -0.113. The van der Waals surface area contributed by atoms with Crippen molar-refractivity contribution in [2.45, 2.75) is 18.7 Å². The topological polar surface area (TPSA) is 29.1 Å². The van der Waals surface area contributed by atoms with Crippen LogP contribution in [0, 0.1) is 25.5 Å². The molecule has 0 saturated carbocycles. The second-order valence-corrected chi connectivity index (χ2v) is 5.76. The van der Waals surface area contributed by atoms with Crippen LogP contribution in [0.5, 0.6) is 0 Å². The van der Waals surface area contributed by atoms with Gasteiger partial charge in [-0.3, -0.25) is 4.79 Å². The Labute approximate surface area is 126 Å². The molecule has 0 saturated heterocycles. The van der Waals surface area contributed by atoms with Crippen molar-refractivity contribution < 1.29 is 13.6 Å². The van der Waals surface area contributed by atoms with Crippen LogP contribution in [-0.4, -0.2) is 11.7 Å². The quantitative estimate of drug-likeness (QED) is 0.853. The van der Waals surface area contributed by atoms with E-state index in [9.17, 15) is 13.6 Å². The summed E-state index contributed by atoms with van der Waals surface area (Å²) < 4.78 is 25.8. The van der Waals surface area contributed by atoms with Crippen molar-refractivity contribution in [3.05, 3.63) is 59.2 Å². The van der Waals surface area contributed by atoms with E-state index >= 15 is 0 Å². The molecule has 1 N–H and O–H groups in total. The molecule has 2 nitrogen and oxygen atoms in total. The molecule has 2 aromatic carbocycles. The summed E-state index contributed by atoms with van der Waals surface area (Å²) in [6, 6.07) is 9.26. The van der Waals surface area contributed by atoms with Crippen LogP contribution < -0.4 is 5.32 Å². The number of thioether (sulfide) groups is 1. The van der Waals surface area contributed by atoms with E-state index in [1.165, 1.54) is 6.07 Å².